The number of nitrogens with one attached hydrogen (secondary N) is 4. The minimum atomic E-state index is -3.74. The van der Waals surface area contributed by atoms with Gasteiger partial charge in [0.25, 0.3) is 5.91 Å². The van der Waals surface area contributed by atoms with E-state index in [9.17, 15) is 32.4 Å². The van der Waals surface area contributed by atoms with Gasteiger partial charge in [-0.05, 0) is 60.5 Å². The quantitative estimate of drug-likeness (QED) is 0.167. The normalized spacial score (nSPS) is 22.7. The molecule has 2 heterocycles. The molecule has 0 aromatic heterocycles. The molecule has 3 fully saturated rings. The number of ketones is 1. The molecule has 4 N–H and O–H groups in total. The molecule has 0 bridgehead atoms. The molecule has 4 atom stereocenters. The van der Waals surface area contributed by atoms with Gasteiger partial charge in [0.15, 0.2) is 0 Å². The van der Waals surface area contributed by atoms with Crippen molar-refractivity contribution in [1.29, 1.82) is 0 Å². The van der Waals surface area contributed by atoms with E-state index in [1.54, 1.807) is 24.3 Å². The molecule has 5 amide bonds. The number of rotatable bonds is 14. The number of sulfonamides is 1. The van der Waals surface area contributed by atoms with Crippen LogP contribution in [-0.2, 0) is 35.7 Å². The number of nitrogens with zero attached hydrogens (tertiary/aromatic N) is 2. The topological polar surface area (TPSA) is 174 Å². The number of fused-ring (bicyclic) bond motifs is 1. The minimum Gasteiger partial charge on any atom is -0.346 e. The zero-order valence-electron chi connectivity index (χ0n) is 31.0. The van der Waals surface area contributed by atoms with Crippen LogP contribution in [0.2, 0.25) is 0 Å². The van der Waals surface area contributed by atoms with Crippen LogP contribution in [0, 0.1) is 16.7 Å². The maximum Gasteiger partial charge on any atom is 0.315 e. The van der Waals surface area contributed by atoms with E-state index in [1.807, 2.05) is 27.7 Å². The van der Waals surface area contributed by atoms with Crippen LogP contribution in [-0.4, -0.2) is 91.0 Å². The van der Waals surface area contributed by atoms with Crippen LogP contribution < -0.4 is 21.3 Å². The van der Waals surface area contributed by atoms with Gasteiger partial charge in [-0.3, -0.25) is 19.2 Å². The molecule has 1 saturated heterocycles. The van der Waals surface area contributed by atoms with Gasteiger partial charge in [0, 0.05) is 32.2 Å². The van der Waals surface area contributed by atoms with Crippen LogP contribution in [0.3, 0.4) is 0 Å². The first-order chi connectivity index (χ1) is 24.5. The van der Waals surface area contributed by atoms with E-state index in [1.165, 1.54) is 15.3 Å². The summed E-state index contributed by atoms with van der Waals surface area (Å²) in [6.07, 6.45) is 8.86. The molecule has 5 rings (SSSR count). The Morgan fingerprint density at radius 3 is 2.31 bits per heavy atom. The van der Waals surface area contributed by atoms with E-state index in [0.717, 1.165) is 32.1 Å². The third kappa shape index (κ3) is 9.05. The largest absolute Gasteiger partial charge is 0.346 e. The van der Waals surface area contributed by atoms with E-state index in [2.05, 4.69) is 27.8 Å². The Labute approximate surface area is 308 Å². The lowest BCUT2D eigenvalue weighted by atomic mass is 9.70. The van der Waals surface area contributed by atoms with E-state index >= 15 is 0 Å². The maximum absolute atomic E-state index is 14.6. The van der Waals surface area contributed by atoms with Crippen LogP contribution in [0.1, 0.15) is 97.5 Å². The molecule has 1 aromatic carbocycles. The van der Waals surface area contributed by atoms with Gasteiger partial charge in [-0.2, -0.15) is 4.31 Å². The first-order valence-corrected chi connectivity index (χ1v) is 20.2. The smallest absolute Gasteiger partial charge is 0.315 e. The molecule has 0 spiro atoms. The molecule has 2 aliphatic heterocycles. The van der Waals surface area contributed by atoms with Crippen LogP contribution >= 0.6 is 0 Å². The van der Waals surface area contributed by atoms with Crippen molar-refractivity contribution in [2.45, 2.75) is 128 Å². The Kier molecular flexibility index (Phi) is 12.2. The lowest BCUT2D eigenvalue weighted by Gasteiger charge is -2.43. The number of hydrogen-bond donors (Lipinski definition) is 4. The number of urea groups is 1. The third-order valence-electron chi connectivity index (χ3n) is 11.3. The van der Waals surface area contributed by atoms with Gasteiger partial charge in [-0.15, -0.1) is 6.58 Å². The second kappa shape index (κ2) is 16.1. The number of carbonyl (C=O) groups excluding carboxylic acids is 5. The summed E-state index contributed by atoms with van der Waals surface area (Å²) in [6, 6.07) is 2.89. The van der Waals surface area contributed by atoms with Gasteiger partial charge in [-0.1, -0.05) is 84.1 Å². The van der Waals surface area contributed by atoms with E-state index in [0.29, 0.717) is 44.2 Å². The average molecular weight is 741 g/mol. The summed E-state index contributed by atoms with van der Waals surface area (Å²) in [5.74, 6) is -2.11. The van der Waals surface area contributed by atoms with Crippen LogP contribution in [0.25, 0.3) is 0 Å². The van der Waals surface area contributed by atoms with Gasteiger partial charge < -0.3 is 26.2 Å². The number of likely N-dealkylation sites (tertiary alicyclic amines) is 1. The fourth-order valence-electron chi connectivity index (χ4n) is 7.78. The van der Waals surface area contributed by atoms with Crippen molar-refractivity contribution in [2.75, 3.05) is 19.6 Å². The van der Waals surface area contributed by atoms with Crippen molar-refractivity contribution in [3.8, 4) is 0 Å². The number of amides is 5. The van der Waals surface area contributed by atoms with Gasteiger partial charge >= 0.3 is 6.03 Å². The summed E-state index contributed by atoms with van der Waals surface area (Å²) in [4.78, 5) is 69.7. The summed E-state index contributed by atoms with van der Waals surface area (Å²) in [5.41, 5.74) is -0.412. The molecular weight excluding hydrogens is 685 g/mol. The third-order valence-corrected chi connectivity index (χ3v) is 13.2. The summed E-state index contributed by atoms with van der Waals surface area (Å²) in [5, 5.41) is 11.3. The van der Waals surface area contributed by atoms with Crippen LogP contribution in [0.5, 0.6) is 0 Å². The molecule has 2 aliphatic carbocycles. The monoisotopic (exact) mass is 740 g/mol. The van der Waals surface area contributed by atoms with Crippen LogP contribution in [0.15, 0.2) is 41.8 Å². The van der Waals surface area contributed by atoms with Gasteiger partial charge in [0.1, 0.15) is 12.1 Å². The predicted molar refractivity (Wildman–Crippen MR) is 196 cm³/mol. The standard InChI is InChI=1S/C38H56N6O7S/c1-6-20-39-34(47)31(45)27(22-25-16-17-25)40-33(46)28-14-12-21-44(28)35(48)32(38(5)18-10-7-11-19-38)42-36(49)41-30(37(2,3)4)24-43-23-26-13-8-9-15-29(26)52(43,50)51/h6,8-9,13,15,25,27-28,30,32H,1,7,10-12,14,16-24H2,2-5H3,(H,39,47)(H,40,46)(H2,41,42,49)/t27?,28-,30+,32+/m0/s1. The maximum atomic E-state index is 14.6. The predicted octanol–water partition coefficient (Wildman–Crippen LogP) is 3.39. The Bertz CT molecular complexity index is 1650. The van der Waals surface area contributed by atoms with E-state index < -0.39 is 68.6 Å². The Morgan fingerprint density at radius 1 is 0.981 bits per heavy atom. The van der Waals surface area contributed by atoms with Crippen molar-refractivity contribution in [2.24, 2.45) is 16.7 Å². The Morgan fingerprint density at radius 2 is 1.67 bits per heavy atom. The lowest BCUT2D eigenvalue weighted by molar-refractivity contribution is -0.144. The molecule has 14 heteroatoms. The SMILES string of the molecule is C=CCNC(=O)C(=O)C(CC1CC1)NC(=O)[C@@H]1CCCN1C(=O)[C@@H](NC(=O)N[C@H](CN1Cc2ccccc2S1(=O)=O)C(C)(C)C)C1(C)CCCCC1. The molecule has 52 heavy (non-hydrogen) atoms. The molecule has 286 valence electrons. The first kappa shape index (κ1) is 39.4. The van der Waals surface area contributed by atoms with Crippen molar-refractivity contribution in [3.05, 3.63) is 42.5 Å². The van der Waals surface area contributed by atoms with Gasteiger partial charge in [0.05, 0.1) is 10.9 Å². The van der Waals surface area contributed by atoms with Crippen LogP contribution in [0.4, 0.5) is 4.79 Å². The number of hydrogen-bond acceptors (Lipinski definition) is 7. The Balaban J connectivity index is 1.32. The van der Waals surface area contributed by atoms with Crippen molar-refractivity contribution in [3.63, 3.8) is 0 Å². The second-order valence-electron chi connectivity index (χ2n) is 16.4. The summed E-state index contributed by atoms with van der Waals surface area (Å²) < 4.78 is 28.2. The molecule has 1 unspecified atom stereocenters. The van der Waals surface area contributed by atoms with Crippen molar-refractivity contribution < 1.29 is 32.4 Å². The zero-order valence-corrected chi connectivity index (χ0v) is 31.9. The fraction of sp³-hybridized carbons (Fsp3) is 0.658. The first-order valence-electron chi connectivity index (χ1n) is 18.7. The summed E-state index contributed by atoms with van der Waals surface area (Å²) in [7, 11) is -3.74. The molecular formula is C38H56N6O7S. The molecule has 13 nitrogen and oxygen atoms in total. The molecule has 2 saturated carbocycles. The number of benzene rings is 1. The fourth-order valence-corrected chi connectivity index (χ4v) is 9.43. The molecule has 4 aliphatic rings. The highest BCUT2D eigenvalue weighted by atomic mass is 32.2. The highest BCUT2D eigenvalue weighted by Crippen LogP contribution is 2.40. The zero-order chi connectivity index (χ0) is 37.8. The Hall–Kier alpha value is -3.78. The molecule has 0 radical (unpaired) electrons. The summed E-state index contributed by atoms with van der Waals surface area (Å²) in [6.45, 7) is 12.0. The average Bonchev–Trinajstić information content (AvgIpc) is 3.70. The van der Waals surface area contributed by atoms with E-state index in [4.69, 9.17) is 0 Å². The van der Waals surface area contributed by atoms with Crippen molar-refractivity contribution in [1.82, 2.24) is 30.5 Å². The lowest BCUT2D eigenvalue weighted by Crippen LogP contribution is -2.63. The highest BCUT2D eigenvalue weighted by Gasteiger charge is 2.47. The van der Waals surface area contributed by atoms with Crippen molar-refractivity contribution >= 4 is 39.6 Å². The molecule has 1 aromatic rings. The second-order valence-corrected chi connectivity index (χ2v) is 18.3. The number of Topliss-reactive ketones (excluding diaryl/α,β-unsaturated/α-hetero) is 1. The number of carbonyl (C=O) groups is 5. The van der Waals surface area contributed by atoms with E-state index in [-0.39, 0.29) is 36.4 Å². The minimum absolute atomic E-state index is 0.0462. The van der Waals surface area contributed by atoms with Gasteiger partial charge in [0.2, 0.25) is 27.6 Å². The highest BCUT2D eigenvalue weighted by molar-refractivity contribution is 7.89. The summed E-state index contributed by atoms with van der Waals surface area (Å²) >= 11 is 0. The van der Waals surface area contributed by atoms with Gasteiger partial charge in [-0.25, -0.2) is 13.2 Å².